The zero-order valence-electron chi connectivity index (χ0n) is 8.76. The van der Waals surface area contributed by atoms with Gasteiger partial charge in [-0.15, -0.1) is 0 Å². The number of ether oxygens (including phenoxy) is 1. The fourth-order valence-electron chi connectivity index (χ4n) is 1.25. The van der Waals surface area contributed by atoms with E-state index in [2.05, 4.69) is 10.6 Å². The molecule has 0 bridgehead atoms. The quantitative estimate of drug-likeness (QED) is 0.674. The van der Waals surface area contributed by atoms with Crippen molar-refractivity contribution in [1.82, 2.24) is 10.6 Å². The average molecular weight is 204 g/mol. The molecule has 1 amide bonds. The number of halogens is 1. The maximum atomic E-state index is 12.7. The van der Waals surface area contributed by atoms with Crippen LogP contribution in [0.1, 0.15) is 27.2 Å². The molecule has 1 aliphatic heterocycles. The number of alkyl carbamates (subject to hydrolysis) is 1. The van der Waals surface area contributed by atoms with Gasteiger partial charge in [0.15, 0.2) is 0 Å². The average Bonchev–Trinajstić information content (AvgIpc) is 2.30. The number of hydrogen-bond acceptors (Lipinski definition) is 3. The van der Waals surface area contributed by atoms with Crippen molar-refractivity contribution >= 4 is 6.09 Å². The standard InChI is InChI=1S/C9H17FN2O2/c1-9(2,3)14-8(13)12-7-4-6(10)5-11-7/h6-7,11H,4-5H2,1-3H3,(H,12,13)/t6-,7-/m1/s1. The van der Waals surface area contributed by atoms with Crippen LogP contribution in [-0.2, 0) is 4.74 Å². The number of carbonyl (C=O) groups is 1. The summed E-state index contributed by atoms with van der Waals surface area (Å²) in [7, 11) is 0. The first-order valence-corrected chi connectivity index (χ1v) is 4.74. The lowest BCUT2D eigenvalue weighted by Crippen LogP contribution is -2.43. The van der Waals surface area contributed by atoms with Gasteiger partial charge in [-0.05, 0) is 20.8 Å². The smallest absolute Gasteiger partial charge is 0.408 e. The summed E-state index contributed by atoms with van der Waals surface area (Å²) in [5.41, 5.74) is -0.516. The summed E-state index contributed by atoms with van der Waals surface area (Å²) in [6.45, 7) is 5.65. The summed E-state index contributed by atoms with van der Waals surface area (Å²) < 4.78 is 17.7. The molecule has 1 saturated heterocycles. The van der Waals surface area contributed by atoms with Crippen LogP contribution < -0.4 is 10.6 Å². The van der Waals surface area contributed by atoms with Crippen LogP contribution >= 0.6 is 0 Å². The maximum absolute atomic E-state index is 12.7. The first kappa shape index (κ1) is 11.2. The van der Waals surface area contributed by atoms with Crippen molar-refractivity contribution < 1.29 is 13.9 Å². The molecular weight excluding hydrogens is 187 g/mol. The Kier molecular flexibility index (Phi) is 3.31. The summed E-state index contributed by atoms with van der Waals surface area (Å²) >= 11 is 0. The molecule has 0 spiro atoms. The lowest BCUT2D eigenvalue weighted by Gasteiger charge is -2.21. The van der Waals surface area contributed by atoms with E-state index < -0.39 is 17.9 Å². The van der Waals surface area contributed by atoms with Crippen LogP contribution in [0, 0.1) is 0 Å². The molecule has 0 aromatic rings. The van der Waals surface area contributed by atoms with Crippen LogP contribution in [0.15, 0.2) is 0 Å². The molecule has 2 atom stereocenters. The van der Waals surface area contributed by atoms with Crippen LogP contribution in [0.25, 0.3) is 0 Å². The molecule has 1 aliphatic rings. The molecule has 0 aliphatic carbocycles. The van der Waals surface area contributed by atoms with E-state index in [1.54, 1.807) is 20.8 Å². The number of alkyl halides is 1. The second-order valence-corrected chi connectivity index (χ2v) is 4.44. The third-order valence-electron chi connectivity index (χ3n) is 1.77. The molecular formula is C9H17FN2O2. The van der Waals surface area contributed by atoms with Crippen LogP contribution in [-0.4, -0.2) is 30.6 Å². The van der Waals surface area contributed by atoms with E-state index in [4.69, 9.17) is 4.74 Å². The highest BCUT2D eigenvalue weighted by molar-refractivity contribution is 5.68. The Balaban J connectivity index is 2.27. The summed E-state index contributed by atoms with van der Waals surface area (Å²) in [6, 6.07) is 0. The number of carbonyl (C=O) groups excluding carboxylic acids is 1. The predicted molar refractivity (Wildman–Crippen MR) is 50.7 cm³/mol. The van der Waals surface area contributed by atoms with E-state index in [1.165, 1.54) is 0 Å². The van der Waals surface area contributed by atoms with Crippen molar-refractivity contribution in [2.45, 2.75) is 45.1 Å². The van der Waals surface area contributed by atoms with Gasteiger partial charge >= 0.3 is 6.09 Å². The first-order valence-electron chi connectivity index (χ1n) is 4.74. The minimum Gasteiger partial charge on any atom is -0.444 e. The SMILES string of the molecule is CC(C)(C)OC(=O)N[C@@H]1C[C@@H](F)CN1. The summed E-state index contributed by atoms with van der Waals surface area (Å²) in [5, 5.41) is 5.39. The maximum Gasteiger partial charge on any atom is 0.408 e. The second kappa shape index (κ2) is 4.13. The van der Waals surface area contributed by atoms with Crippen molar-refractivity contribution in [3.8, 4) is 0 Å². The van der Waals surface area contributed by atoms with E-state index in [1.807, 2.05) is 0 Å². The first-order chi connectivity index (χ1) is 6.37. The third kappa shape index (κ3) is 3.91. The van der Waals surface area contributed by atoms with Crippen molar-refractivity contribution in [1.29, 1.82) is 0 Å². The van der Waals surface area contributed by atoms with Gasteiger partial charge in [-0.3, -0.25) is 5.32 Å². The molecule has 2 N–H and O–H groups in total. The lowest BCUT2D eigenvalue weighted by atomic mass is 10.2. The molecule has 1 fully saturated rings. The Hall–Kier alpha value is -0.840. The summed E-state index contributed by atoms with van der Waals surface area (Å²) in [6.07, 6.45) is -1.39. The van der Waals surface area contributed by atoms with Crippen LogP contribution in [0.5, 0.6) is 0 Å². The van der Waals surface area contributed by atoms with Gasteiger partial charge in [0.2, 0.25) is 0 Å². The van der Waals surface area contributed by atoms with Gasteiger partial charge in [0.05, 0.1) is 6.17 Å². The fourth-order valence-corrected chi connectivity index (χ4v) is 1.25. The molecule has 14 heavy (non-hydrogen) atoms. The largest absolute Gasteiger partial charge is 0.444 e. The van der Waals surface area contributed by atoms with Gasteiger partial charge in [0.25, 0.3) is 0 Å². The van der Waals surface area contributed by atoms with Gasteiger partial charge < -0.3 is 10.1 Å². The molecule has 5 heteroatoms. The third-order valence-corrected chi connectivity index (χ3v) is 1.77. The van der Waals surface area contributed by atoms with E-state index in [-0.39, 0.29) is 6.17 Å². The molecule has 0 saturated carbocycles. The Morgan fingerprint density at radius 3 is 2.64 bits per heavy atom. The Morgan fingerprint density at radius 2 is 2.21 bits per heavy atom. The van der Waals surface area contributed by atoms with Crippen molar-refractivity contribution in [2.75, 3.05) is 6.54 Å². The molecule has 4 nitrogen and oxygen atoms in total. The Morgan fingerprint density at radius 1 is 1.57 bits per heavy atom. The number of hydrogen-bond donors (Lipinski definition) is 2. The van der Waals surface area contributed by atoms with E-state index >= 15 is 0 Å². The number of amides is 1. The van der Waals surface area contributed by atoms with Gasteiger partial charge in [0, 0.05) is 13.0 Å². The van der Waals surface area contributed by atoms with E-state index in [9.17, 15) is 9.18 Å². The lowest BCUT2D eigenvalue weighted by molar-refractivity contribution is 0.0499. The predicted octanol–water partition coefficient (Wildman–Crippen LogP) is 1.17. The minimum absolute atomic E-state index is 0.292. The molecule has 0 aromatic heterocycles. The molecule has 82 valence electrons. The van der Waals surface area contributed by atoms with Crippen LogP contribution in [0.4, 0.5) is 9.18 Å². The van der Waals surface area contributed by atoms with Gasteiger partial charge in [-0.1, -0.05) is 0 Å². The van der Waals surface area contributed by atoms with Gasteiger partial charge in [-0.2, -0.15) is 0 Å². The van der Waals surface area contributed by atoms with Crippen molar-refractivity contribution in [3.05, 3.63) is 0 Å². The highest BCUT2D eigenvalue weighted by Crippen LogP contribution is 2.10. The Labute approximate surface area is 83.2 Å². The number of nitrogens with one attached hydrogen (secondary N) is 2. The molecule has 1 heterocycles. The molecule has 0 radical (unpaired) electrons. The van der Waals surface area contributed by atoms with E-state index in [0.717, 1.165) is 0 Å². The fraction of sp³-hybridized carbons (Fsp3) is 0.889. The highest BCUT2D eigenvalue weighted by atomic mass is 19.1. The van der Waals surface area contributed by atoms with Gasteiger partial charge in [0.1, 0.15) is 11.8 Å². The van der Waals surface area contributed by atoms with Crippen molar-refractivity contribution in [2.24, 2.45) is 0 Å². The topological polar surface area (TPSA) is 50.4 Å². The zero-order valence-corrected chi connectivity index (χ0v) is 8.76. The monoisotopic (exact) mass is 204 g/mol. The van der Waals surface area contributed by atoms with Crippen LogP contribution in [0.3, 0.4) is 0 Å². The molecule has 0 aromatic carbocycles. The highest BCUT2D eigenvalue weighted by Gasteiger charge is 2.26. The number of rotatable bonds is 1. The van der Waals surface area contributed by atoms with Gasteiger partial charge in [-0.25, -0.2) is 9.18 Å². The summed E-state index contributed by atoms with van der Waals surface area (Å²) in [4.78, 5) is 11.2. The second-order valence-electron chi connectivity index (χ2n) is 4.44. The Bertz CT molecular complexity index is 215. The van der Waals surface area contributed by atoms with E-state index in [0.29, 0.717) is 13.0 Å². The molecule has 0 unspecified atom stereocenters. The minimum atomic E-state index is -0.880. The van der Waals surface area contributed by atoms with Crippen LogP contribution in [0.2, 0.25) is 0 Å². The normalized spacial score (nSPS) is 27.4. The molecule has 1 rings (SSSR count). The zero-order chi connectivity index (χ0) is 10.8. The van der Waals surface area contributed by atoms with Crippen molar-refractivity contribution in [3.63, 3.8) is 0 Å². The summed E-state index contributed by atoms with van der Waals surface area (Å²) in [5.74, 6) is 0.